The Balaban J connectivity index is 3.09. The van der Waals surface area contributed by atoms with E-state index in [9.17, 15) is 9.59 Å². The summed E-state index contributed by atoms with van der Waals surface area (Å²) in [5.41, 5.74) is -0.0693. The fourth-order valence-corrected chi connectivity index (χ4v) is 2.38. The minimum absolute atomic E-state index is 0.0126. The lowest BCUT2D eigenvalue weighted by Gasteiger charge is -2.19. The van der Waals surface area contributed by atoms with Gasteiger partial charge in [0, 0.05) is 17.2 Å². The maximum atomic E-state index is 12.2. The zero-order chi connectivity index (χ0) is 15.5. The molecule has 0 radical (unpaired) electrons. The number of aromatic amines is 1. The maximum absolute atomic E-state index is 12.2. The number of carbonyl (C=O) groups excluding carboxylic acids is 1. The van der Waals surface area contributed by atoms with Crippen LogP contribution >= 0.6 is 11.8 Å². The molecule has 5 nitrogen and oxygen atoms in total. The van der Waals surface area contributed by atoms with Crippen LogP contribution in [0.15, 0.2) is 4.79 Å². The van der Waals surface area contributed by atoms with Gasteiger partial charge in [-0.15, -0.1) is 0 Å². The second-order valence-corrected chi connectivity index (χ2v) is 6.87. The van der Waals surface area contributed by atoms with Gasteiger partial charge in [-0.2, -0.15) is 11.8 Å². The number of nitrogens with one attached hydrogen (secondary N) is 2. The van der Waals surface area contributed by atoms with Crippen molar-refractivity contribution >= 4 is 17.7 Å². The van der Waals surface area contributed by atoms with Crippen LogP contribution in [-0.4, -0.2) is 33.9 Å². The number of thioether (sulfide) groups is 1. The lowest BCUT2D eigenvalue weighted by molar-refractivity contribution is 0.0941. The van der Waals surface area contributed by atoms with E-state index in [2.05, 4.69) is 15.3 Å². The highest BCUT2D eigenvalue weighted by atomic mass is 32.2. The average Bonchev–Trinajstić information content (AvgIpc) is 2.26. The number of nitrogens with zero attached hydrogens (tertiary/aromatic N) is 1. The van der Waals surface area contributed by atoms with E-state index < -0.39 is 0 Å². The van der Waals surface area contributed by atoms with Crippen LogP contribution in [0.4, 0.5) is 0 Å². The van der Waals surface area contributed by atoms with E-state index in [0.29, 0.717) is 11.5 Å². The van der Waals surface area contributed by atoms with Gasteiger partial charge < -0.3 is 10.3 Å². The molecule has 0 bridgehead atoms. The summed E-state index contributed by atoms with van der Waals surface area (Å²) in [6.45, 7) is 9.49. The number of hydrogen-bond donors (Lipinski definition) is 2. The Bertz CT molecular complexity index is 546. The van der Waals surface area contributed by atoms with Gasteiger partial charge in [0.05, 0.1) is 5.69 Å². The molecule has 0 aliphatic carbocycles. The number of amides is 1. The van der Waals surface area contributed by atoms with Crippen LogP contribution in [0.2, 0.25) is 0 Å². The van der Waals surface area contributed by atoms with Crippen molar-refractivity contribution < 1.29 is 4.79 Å². The number of hydrogen-bond acceptors (Lipinski definition) is 4. The Labute approximate surface area is 124 Å². The average molecular weight is 297 g/mol. The van der Waals surface area contributed by atoms with Crippen LogP contribution in [0.1, 0.15) is 49.6 Å². The number of carbonyl (C=O) groups is 1. The molecule has 0 aromatic carbocycles. The van der Waals surface area contributed by atoms with Gasteiger partial charge in [0.15, 0.2) is 0 Å². The van der Waals surface area contributed by atoms with Gasteiger partial charge in [-0.25, -0.2) is 4.98 Å². The second-order valence-electron chi connectivity index (χ2n) is 5.95. The van der Waals surface area contributed by atoms with Gasteiger partial charge in [0.25, 0.3) is 11.5 Å². The van der Waals surface area contributed by atoms with Crippen molar-refractivity contribution in [3.8, 4) is 0 Å². The van der Waals surface area contributed by atoms with E-state index in [0.717, 1.165) is 5.75 Å². The van der Waals surface area contributed by atoms with Crippen molar-refractivity contribution in [3.05, 3.63) is 27.4 Å². The van der Waals surface area contributed by atoms with E-state index in [1.165, 1.54) is 0 Å². The molecule has 112 valence electrons. The summed E-state index contributed by atoms with van der Waals surface area (Å²) in [4.78, 5) is 31.3. The molecule has 2 N–H and O–H groups in total. The number of aromatic nitrogens is 2. The van der Waals surface area contributed by atoms with Crippen LogP contribution in [0, 0.1) is 6.92 Å². The fraction of sp³-hybridized carbons (Fsp3) is 0.643. The first-order valence-electron chi connectivity index (χ1n) is 6.58. The fourth-order valence-electron chi connectivity index (χ4n) is 1.80. The normalized spacial score (nSPS) is 13.1. The molecule has 1 aromatic rings. The van der Waals surface area contributed by atoms with Crippen LogP contribution in [0.3, 0.4) is 0 Å². The smallest absolute Gasteiger partial charge is 0.264 e. The van der Waals surface area contributed by atoms with E-state index in [4.69, 9.17) is 0 Å². The number of aryl methyl sites for hydroxylation is 1. The lowest BCUT2D eigenvalue weighted by atomic mass is 9.95. The van der Waals surface area contributed by atoms with Gasteiger partial charge in [0.2, 0.25) is 0 Å². The van der Waals surface area contributed by atoms with Gasteiger partial charge in [-0.05, 0) is 20.1 Å². The molecule has 1 aromatic heterocycles. The Kier molecular flexibility index (Phi) is 5.39. The third-order valence-electron chi connectivity index (χ3n) is 2.83. The summed E-state index contributed by atoms with van der Waals surface area (Å²) in [6, 6.07) is 0.0126. The van der Waals surface area contributed by atoms with Crippen molar-refractivity contribution in [2.45, 2.75) is 46.1 Å². The van der Waals surface area contributed by atoms with Crippen LogP contribution in [-0.2, 0) is 5.41 Å². The van der Waals surface area contributed by atoms with Gasteiger partial charge in [0.1, 0.15) is 11.4 Å². The minimum Gasteiger partial charge on any atom is -0.349 e. The van der Waals surface area contributed by atoms with Gasteiger partial charge >= 0.3 is 0 Å². The van der Waals surface area contributed by atoms with Crippen molar-refractivity contribution in [1.82, 2.24) is 15.3 Å². The van der Waals surface area contributed by atoms with E-state index in [1.54, 1.807) is 18.7 Å². The Morgan fingerprint density at radius 3 is 2.50 bits per heavy atom. The summed E-state index contributed by atoms with van der Waals surface area (Å²) in [5.74, 6) is 1.03. The highest BCUT2D eigenvalue weighted by Gasteiger charge is 2.22. The van der Waals surface area contributed by atoms with Crippen molar-refractivity contribution in [2.75, 3.05) is 12.0 Å². The second kappa shape index (κ2) is 6.43. The zero-order valence-corrected chi connectivity index (χ0v) is 13.8. The molecule has 1 heterocycles. The SMILES string of the molecule is CSC[C@@H](C)NC(=O)c1c(C)nc(C(C)(C)C)[nH]c1=O. The molecule has 0 aliphatic heterocycles. The predicted octanol–water partition coefficient (Wildman–Crippen LogP) is 1.86. The molecule has 6 heteroatoms. The van der Waals surface area contributed by atoms with Gasteiger partial charge in [-0.1, -0.05) is 20.8 Å². The zero-order valence-electron chi connectivity index (χ0n) is 13.0. The first-order valence-corrected chi connectivity index (χ1v) is 7.97. The molecule has 0 saturated carbocycles. The molecular weight excluding hydrogens is 274 g/mol. The standard InChI is InChI=1S/C14H23N3O2S/c1-8(7-20-6)15-11(18)10-9(2)16-13(14(3,4)5)17-12(10)19/h8H,7H2,1-6H3,(H,15,18)(H,16,17,19)/t8-/m1/s1. The first-order chi connectivity index (χ1) is 9.16. The predicted molar refractivity (Wildman–Crippen MR) is 83.6 cm³/mol. The monoisotopic (exact) mass is 297 g/mol. The van der Waals surface area contributed by atoms with E-state index in [-0.39, 0.29) is 28.5 Å². The summed E-state index contributed by atoms with van der Waals surface area (Å²) in [6.07, 6.45) is 1.97. The summed E-state index contributed by atoms with van der Waals surface area (Å²) >= 11 is 1.64. The van der Waals surface area contributed by atoms with Crippen molar-refractivity contribution in [2.24, 2.45) is 0 Å². The maximum Gasteiger partial charge on any atom is 0.264 e. The third-order valence-corrected chi connectivity index (χ3v) is 3.67. The number of rotatable bonds is 4. The van der Waals surface area contributed by atoms with Crippen molar-refractivity contribution in [3.63, 3.8) is 0 Å². The van der Waals surface area contributed by atoms with Crippen LogP contribution < -0.4 is 10.9 Å². The van der Waals surface area contributed by atoms with Crippen molar-refractivity contribution in [1.29, 1.82) is 0 Å². The largest absolute Gasteiger partial charge is 0.349 e. The highest BCUT2D eigenvalue weighted by molar-refractivity contribution is 7.98. The third kappa shape index (κ3) is 4.10. The quantitative estimate of drug-likeness (QED) is 0.889. The molecule has 0 unspecified atom stereocenters. The number of H-pyrrole nitrogens is 1. The topological polar surface area (TPSA) is 74.8 Å². The lowest BCUT2D eigenvalue weighted by Crippen LogP contribution is -2.39. The molecular formula is C14H23N3O2S. The van der Waals surface area contributed by atoms with Gasteiger partial charge in [-0.3, -0.25) is 9.59 Å². The Morgan fingerprint density at radius 1 is 1.45 bits per heavy atom. The van der Waals surface area contributed by atoms with E-state index in [1.807, 2.05) is 34.0 Å². The molecule has 0 spiro atoms. The summed E-state index contributed by atoms with van der Waals surface area (Å²) in [5, 5.41) is 2.82. The summed E-state index contributed by atoms with van der Waals surface area (Å²) < 4.78 is 0. The molecule has 20 heavy (non-hydrogen) atoms. The minimum atomic E-state index is -0.378. The highest BCUT2D eigenvalue weighted by Crippen LogP contribution is 2.17. The summed E-state index contributed by atoms with van der Waals surface area (Å²) in [7, 11) is 0. The molecule has 0 fully saturated rings. The molecule has 0 aliphatic rings. The molecule has 1 atom stereocenters. The molecule has 0 saturated heterocycles. The molecule has 1 rings (SSSR count). The Hall–Kier alpha value is -1.30. The first kappa shape index (κ1) is 16.8. The van der Waals surface area contributed by atoms with E-state index >= 15 is 0 Å². The Morgan fingerprint density at radius 2 is 2.05 bits per heavy atom. The molecule has 1 amide bonds. The van der Waals surface area contributed by atoms with Crippen LogP contribution in [0.25, 0.3) is 0 Å². The van der Waals surface area contributed by atoms with Crippen LogP contribution in [0.5, 0.6) is 0 Å².